The number of amides is 1. The lowest BCUT2D eigenvalue weighted by Crippen LogP contribution is -2.31. The van der Waals surface area contributed by atoms with E-state index in [0.717, 1.165) is 58.5 Å². The number of imidazole rings is 1. The van der Waals surface area contributed by atoms with Gasteiger partial charge in [-0.2, -0.15) is 5.10 Å². The van der Waals surface area contributed by atoms with E-state index in [9.17, 15) is 4.79 Å². The Morgan fingerprint density at radius 2 is 2.06 bits per heavy atom. The van der Waals surface area contributed by atoms with Gasteiger partial charge in [0, 0.05) is 55.9 Å². The molecule has 0 radical (unpaired) electrons. The van der Waals surface area contributed by atoms with E-state index in [2.05, 4.69) is 28.4 Å². The number of anilines is 2. The molecule has 2 aliphatic carbocycles. The van der Waals surface area contributed by atoms with Gasteiger partial charge >= 0.3 is 0 Å². The van der Waals surface area contributed by atoms with E-state index in [4.69, 9.17) is 4.98 Å². The third-order valence-electron chi connectivity index (χ3n) is 6.43. The summed E-state index contributed by atoms with van der Waals surface area (Å²) in [5.41, 5.74) is 5.38. The summed E-state index contributed by atoms with van der Waals surface area (Å²) in [7, 11) is 3.88. The number of nitrogens with one attached hydrogen (secondary N) is 1. The Kier molecular flexibility index (Phi) is 3.99. The van der Waals surface area contributed by atoms with Crippen molar-refractivity contribution >= 4 is 39.6 Å². The Labute approximate surface area is 185 Å². The number of rotatable bonds is 6. The molecule has 4 aromatic heterocycles. The molecule has 9 heteroatoms. The van der Waals surface area contributed by atoms with Crippen molar-refractivity contribution in [2.75, 3.05) is 5.32 Å². The summed E-state index contributed by atoms with van der Waals surface area (Å²) in [5.74, 6) is 1.43. The summed E-state index contributed by atoms with van der Waals surface area (Å²) in [6, 6.07) is 4.31. The zero-order valence-corrected chi connectivity index (χ0v) is 18.8. The molecule has 32 heavy (non-hydrogen) atoms. The fraction of sp³-hybridized carbons (Fsp3) is 0.391. The first-order chi connectivity index (χ1) is 15.5. The average Bonchev–Trinajstić information content (AvgIpc) is 3.68. The topological polar surface area (TPSA) is 85.8 Å². The molecule has 164 valence electrons. The van der Waals surface area contributed by atoms with Crippen molar-refractivity contribution in [3.8, 4) is 0 Å². The molecular weight excluding hydrogens is 404 g/mol. The first-order valence-electron chi connectivity index (χ1n) is 11.1. The molecule has 4 aromatic rings. The highest BCUT2D eigenvalue weighted by molar-refractivity contribution is 6.10. The summed E-state index contributed by atoms with van der Waals surface area (Å²) in [4.78, 5) is 25.2. The lowest BCUT2D eigenvalue weighted by atomic mass is 10.2. The number of nitrogens with zero attached hydrogens (tertiary/aromatic N) is 7. The van der Waals surface area contributed by atoms with E-state index in [-0.39, 0.29) is 5.91 Å². The Morgan fingerprint density at radius 1 is 1.28 bits per heavy atom. The van der Waals surface area contributed by atoms with Crippen molar-refractivity contribution in [2.24, 2.45) is 14.1 Å². The van der Waals surface area contributed by atoms with Gasteiger partial charge in [-0.15, -0.1) is 0 Å². The molecule has 2 aliphatic rings. The summed E-state index contributed by atoms with van der Waals surface area (Å²) >= 11 is 0. The Bertz CT molecular complexity index is 1410. The van der Waals surface area contributed by atoms with Gasteiger partial charge in [0.05, 0.1) is 11.8 Å². The van der Waals surface area contributed by atoms with Gasteiger partial charge in [0.25, 0.3) is 5.91 Å². The number of allylic oxidation sites excluding steroid dienone is 2. The zero-order chi connectivity index (χ0) is 22.1. The molecule has 0 bridgehead atoms. The van der Waals surface area contributed by atoms with Gasteiger partial charge in [-0.1, -0.05) is 6.08 Å². The molecule has 4 heterocycles. The zero-order valence-electron chi connectivity index (χ0n) is 18.8. The number of fused-ring (bicyclic) bond motifs is 3. The molecule has 1 N–H and O–H groups in total. The molecule has 0 atom stereocenters. The second kappa shape index (κ2) is 6.69. The minimum atomic E-state index is 0.0706. The lowest BCUT2D eigenvalue weighted by molar-refractivity contribution is 0.0792. The summed E-state index contributed by atoms with van der Waals surface area (Å²) in [6.45, 7) is 4.71. The highest BCUT2D eigenvalue weighted by Crippen LogP contribution is 2.39. The van der Waals surface area contributed by atoms with Crippen molar-refractivity contribution in [3.63, 3.8) is 0 Å². The van der Waals surface area contributed by atoms with Crippen LogP contribution in [0.1, 0.15) is 42.4 Å². The molecule has 9 nitrogen and oxygen atoms in total. The molecule has 6 rings (SSSR count). The van der Waals surface area contributed by atoms with Crippen LogP contribution in [0.5, 0.6) is 0 Å². The maximum Gasteiger partial charge on any atom is 0.274 e. The number of carbonyl (C=O) groups excluding carboxylic acids is 1. The standard InChI is InChI=1S/C23H26N8O/c1-5-30-17(23(32)31(14-6-7-14)15-8-9-15)11-16-20-19(24-12-28(20)3)21(26-22(16)30)25-18-10-13(2)29(4)27-18/h6,10-12,15H,5,7-9H2,1-4H3,(H,25,26,27). The first kappa shape index (κ1) is 19.1. The predicted molar refractivity (Wildman–Crippen MR) is 123 cm³/mol. The van der Waals surface area contributed by atoms with Crippen LogP contribution in [0.2, 0.25) is 0 Å². The SMILES string of the molecule is CCn1c(C(=O)N(C2=CC2)C2CC2)cc2c3c(ncn3C)c(Nc3cc(C)n(C)n3)nc21. The second-order valence-corrected chi connectivity index (χ2v) is 8.75. The largest absolute Gasteiger partial charge is 0.333 e. The highest BCUT2D eigenvalue weighted by atomic mass is 16.2. The predicted octanol–water partition coefficient (Wildman–Crippen LogP) is 3.62. The lowest BCUT2D eigenvalue weighted by Gasteiger charge is -2.20. The minimum Gasteiger partial charge on any atom is -0.333 e. The van der Waals surface area contributed by atoms with E-state index < -0.39 is 0 Å². The normalized spacial score (nSPS) is 15.4. The number of aromatic nitrogens is 6. The van der Waals surface area contributed by atoms with Gasteiger partial charge in [0.15, 0.2) is 11.6 Å². The van der Waals surface area contributed by atoms with Gasteiger partial charge < -0.3 is 19.4 Å². The van der Waals surface area contributed by atoms with Crippen LogP contribution in [0.25, 0.3) is 22.1 Å². The average molecular weight is 431 g/mol. The molecule has 0 unspecified atom stereocenters. The minimum absolute atomic E-state index is 0.0706. The fourth-order valence-electron chi connectivity index (χ4n) is 4.47. The molecule has 1 amide bonds. The Morgan fingerprint density at radius 3 is 2.69 bits per heavy atom. The number of pyridine rings is 1. The van der Waals surface area contributed by atoms with Crippen molar-refractivity contribution in [3.05, 3.63) is 41.6 Å². The summed E-state index contributed by atoms with van der Waals surface area (Å²) in [5, 5.41) is 8.79. The molecular formula is C23H26N8O. The monoisotopic (exact) mass is 430 g/mol. The number of hydrogen-bond donors (Lipinski definition) is 1. The van der Waals surface area contributed by atoms with Gasteiger partial charge in [0.2, 0.25) is 0 Å². The number of hydrogen-bond acceptors (Lipinski definition) is 5. The third-order valence-corrected chi connectivity index (χ3v) is 6.43. The second-order valence-electron chi connectivity index (χ2n) is 8.75. The highest BCUT2D eigenvalue weighted by Gasteiger charge is 2.39. The maximum absolute atomic E-state index is 13.6. The van der Waals surface area contributed by atoms with E-state index >= 15 is 0 Å². The molecule has 1 fully saturated rings. The van der Waals surface area contributed by atoms with Crippen LogP contribution in [0.4, 0.5) is 11.6 Å². The fourth-order valence-corrected chi connectivity index (χ4v) is 4.47. The van der Waals surface area contributed by atoms with E-state index in [1.54, 1.807) is 6.33 Å². The Hall–Kier alpha value is -3.62. The van der Waals surface area contributed by atoms with Crippen LogP contribution in [0, 0.1) is 6.92 Å². The van der Waals surface area contributed by atoms with Gasteiger partial charge in [0.1, 0.15) is 16.9 Å². The third kappa shape index (κ3) is 2.84. The van der Waals surface area contributed by atoms with E-state index in [1.807, 2.05) is 51.9 Å². The first-order valence-corrected chi connectivity index (χ1v) is 11.1. The van der Waals surface area contributed by atoms with Gasteiger partial charge in [-0.3, -0.25) is 9.48 Å². The van der Waals surface area contributed by atoms with Crippen molar-refractivity contribution < 1.29 is 4.79 Å². The quantitative estimate of drug-likeness (QED) is 0.505. The van der Waals surface area contributed by atoms with Crippen LogP contribution < -0.4 is 5.32 Å². The van der Waals surface area contributed by atoms with E-state index in [0.29, 0.717) is 24.1 Å². The number of aryl methyl sites for hydroxylation is 4. The molecule has 1 saturated carbocycles. The van der Waals surface area contributed by atoms with E-state index in [1.165, 1.54) is 0 Å². The summed E-state index contributed by atoms with van der Waals surface area (Å²) < 4.78 is 5.84. The van der Waals surface area contributed by atoms with Crippen LogP contribution in [-0.4, -0.2) is 45.7 Å². The molecule has 0 aliphatic heterocycles. The van der Waals surface area contributed by atoms with Crippen LogP contribution in [0.3, 0.4) is 0 Å². The summed E-state index contributed by atoms with van der Waals surface area (Å²) in [6.07, 6.45) is 6.99. The van der Waals surface area contributed by atoms with Crippen molar-refractivity contribution in [1.82, 2.24) is 33.8 Å². The smallest absolute Gasteiger partial charge is 0.274 e. The Balaban J connectivity index is 1.53. The van der Waals surface area contributed by atoms with Gasteiger partial charge in [-0.25, -0.2) is 9.97 Å². The van der Waals surface area contributed by atoms with Crippen LogP contribution in [-0.2, 0) is 20.6 Å². The molecule has 0 aromatic carbocycles. The molecule has 0 saturated heterocycles. The van der Waals surface area contributed by atoms with Crippen LogP contribution >= 0.6 is 0 Å². The van der Waals surface area contributed by atoms with Crippen molar-refractivity contribution in [2.45, 2.75) is 45.7 Å². The maximum atomic E-state index is 13.6. The number of carbonyl (C=O) groups is 1. The van der Waals surface area contributed by atoms with Gasteiger partial charge in [-0.05, 0) is 32.8 Å². The molecule has 0 spiro atoms. The van der Waals surface area contributed by atoms with Crippen LogP contribution in [0.15, 0.2) is 30.2 Å². The van der Waals surface area contributed by atoms with Crippen molar-refractivity contribution in [1.29, 1.82) is 0 Å².